The number of nitrogens with zero attached hydrogens (tertiary/aromatic N) is 2. The Labute approximate surface area is 154 Å². The Morgan fingerprint density at radius 2 is 2.08 bits per heavy atom. The van der Waals surface area contributed by atoms with E-state index in [0.717, 1.165) is 56.8 Å². The lowest BCUT2D eigenvalue weighted by molar-refractivity contribution is -0.134. The molecule has 1 aromatic heterocycles. The average Bonchev–Trinajstić information content (AvgIpc) is 3.07. The molecule has 0 saturated carbocycles. The van der Waals surface area contributed by atoms with Gasteiger partial charge in [0.25, 0.3) is 0 Å². The quantitative estimate of drug-likeness (QED) is 0.900. The van der Waals surface area contributed by atoms with Crippen LogP contribution in [0.3, 0.4) is 0 Å². The maximum absolute atomic E-state index is 12.6. The smallest absolute Gasteiger partial charge is 0.240 e. The first-order valence-corrected chi connectivity index (χ1v) is 9.41. The lowest BCUT2D eigenvalue weighted by atomic mass is 9.86. The largest absolute Gasteiger partial charge is 0.487 e. The van der Waals surface area contributed by atoms with Crippen LogP contribution < -0.4 is 10.1 Å². The van der Waals surface area contributed by atoms with E-state index in [0.29, 0.717) is 6.61 Å². The van der Waals surface area contributed by atoms with Crippen LogP contribution in [0.5, 0.6) is 5.75 Å². The molecule has 1 aromatic carbocycles. The molecule has 5 heteroatoms. The van der Waals surface area contributed by atoms with E-state index < -0.39 is 0 Å². The Bertz CT molecular complexity index is 765. The number of ether oxygens (including phenoxy) is 1. The Kier molecular flexibility index (Phi) is 4.89. The van der Waals surface area contributed by atoms with Crippen LogP contribution in [0.25, 0.3) is 0 Å². The van der Waals surface area contributed by atoms with Gasteiger partial charge in [-0.1, -0.05) is 18.2 Å². The summed E-state index contributed by atoms with van der Waals surface area (Å²) >= 11 is 0. The van der Waals surface area contributed by atoms with Crippen LogP contribution in [-0.4, -0.2) is 34.4 Å². The molecule has 1 amide bonds. The molecule has 2 aliphatic rings. The monoisotopic (exact) mass is 351 g/mol. The number of hydrogen-bond donors (Lipinski definition) is 1. The fourth-order valence-electron chi connectivity index (χ4n) is 4.16. The number of hydrogen-bond acceptors (Lipinski definition) is 4. The van der Waals surface area contributed by atoms with E-state index in [1.165, 1.54) is 5.56 Å². The van der Waals surface area contributed by atoms with Gasteiger partial charge in [0.15, 0.2) is 0 Å². The summed E-state index contributed by atoms with van der Waals surface area (Å²) in [6.45, 7) is 3.03. The molecule has 0 radical (unpaired) electrons. The topological polar surface area (TPSA) is 54.5 Å². The fraction of sp³-hybridized carbons (Fsp3) is 0.429. The molecular weight excluding hydrogens is 326 g/mol. The highest BCUT2D eigenvalue weighted by Gasteiger charge is 2.48. The van der Waals surface area contributed by atoms with E-state index in [9.17, 15) is 4.79 Å². The molecule has 0 aliphatic carbocycles. The average molecular weight is 351 g/mol. The summed E-state index contributed by atoms with van der Waals surface area (Å²) in [5, 5.41) is 3.07. The maximum atomic E-state index is 12.6. The molecule has 5 nitrogen and oxygen atoms in total. The van der Waals surface area contributed by atoms with E-state index >= 15 is 0 Å². The first-order valence-electron chi connectivity index (χ1n) is 9.41. The molecule has 26 heavy (non-hydrogen) atoms. The van der Waals surface area contributed by atoms with Gasteiger partial charge >= 0.3 is 0 Å². The van der Waals surface area contributed by atoms with Gasteiger partial charge in [-0.3, -0.25) is 14.7 Å². The Morgan fingerprint density at radius 3 is 2.92 bits per heavy atom. The zero-order chi connectivity index (χ0) is 17.8. The van der Waals surface area contributed by atoms with Gasteiger partial charge in [-0.15, -0.1) is 0 Å². The molecule has 2 fully saturated rings. The molecule has 1 N–H and O–H groups in total. The molecule has 3 heterocycles. The Balaban J connectivity index is 1.44. The molecular formula is C21H25N3O2. The van der Waals surface area contributed by atoms with Crippen molar-refractivity contribution >= 4 is 5.91 Å². The standard InChI is InChI=1S/C21H25N3O2/c25-20-21(9-4-12-23-20)10-5-13-24(21)15-17-6-3-8-19(14-17)26-16-18-7-1-2-11-22-18/h1-3,6-8,11,14H,4-5,9-10,12-13,15-16H2,(H,23,25). The number of likely N-dealkylation sites (tertiary alicyclic amines) is 1. The molecule has 2 aromatic rings. The van der Waals surface area contributed by atoms with Gasteiger partial charge in [0.2, 0.25) is 5.91 Å². The van der Waals surface area contributed by atoms with Crippen LogP contribution in [-0.2, 0) is 17.9 Å². The second-order valence-corrected chi connectivity index (χ2v) is 7.17. The first-order chi connectivity index (χ1) is 12.8. The summed E-state index contributed by atoms with van der Waals surface area (Å²) in [5.41, 5.74) is 1.79. The van der Waals surface area contributed by atoms with Crippen molar-refractivity contribution < 1.29 is 9.53 Å². The number of piperidine rings is 1. The SMILES string of the molecule is O=C1NCCCC12CCCN2Cc1cccc(OCc2ccccn2)c1. The van der Waals surface area contributed by atoms with Crippen molar-refractivity contribution in [2.75, 3.05) is 13.1 Å². The van der Waals surface area contributed by atoms with Crippen molar-refractivity contribution in [3.05, 3.63) is 59.9 Å². The van der Waals surface area contributed by atoms with Crippen LogP contribution in [0.1, 0.15) is 36.9 Å². The second kappa shape index (κ2) is 7.46. The number of rotatable bonds is 5. The van der Waals surface area contributed by atoms with Gasteiger partial charge < -0.3 is 10.1 Å². The number of benzene rings is 1. The third kappa shape index (κ3) is 3.44. The van der Waals surface area contributed by atoms with Crippen molar-refractivity contribution in [3.63, 3.8) is 0 Å². The van der Waals surface area contributed by atoms with Crippen LogP contribution in [0.2, 0.25) is 0 Å². The van der Waals surface area contributed by atoms with E-state index in [4.69, 9.17) is 4.74 Å². The van der Waals surface area contributed by atoms with Crippen LogP contribution in [0.4, 0.5) is 0 Å². The highest BCUT2D eigenvalue weighted by Crippen LogP contribution is 2.37. The summed E-state index contributed by atoms with van der Waals surface area (Å²) in [5.74, 6) is 1.05. The number of amides is 1. The van der Waals surface area contributed by atoms with Crippen molar-refractivity contribution in [2.24, 2.45) is 0 Å². The van der Waals surface area contributed by atoms with Crippen LogP contribution in [0, 0.1) is 0 Å². The summed E-state index contributed by atoms with van der Waals surface area (Å²) in [4.78, 5) is 19.2. The predicted octanol–water partition coefficient (Wildman–Crippen LogP) is 2.91. The number of pyridine rings is 1. The zero-order valence-corrected chi connectivity index (χ0v) is 15.0. The first kappa shape index (κ1) is 17.0. The normalized spacial score (nSPS) is 23.2. The zero-order valence-electron chi connectivity index (χ0n) is 15.0. The van der Waals surface area contributed by atoms with E-state index in [2.05, 4.69) is 27.3 Å². The highest BCUT2D eigenvalue weighted by atomic mass is 16.5. The summed E-state index contributed by atoms with van der Waals surface area (Å²) in [7, 11) is 0. The molecule has 4 rings (SSSR count). The summed E-state index contributed by atoms with van der Waals surface area (Å²) < 4.78 is 5.89. The van der Waals surface area contributed by atoms with E-state index in [-0.39, 0.29) is 11.4 Å². The molecule has 2 saturated heterocycles. The summed E-state index contributed by atoms with van der Waals surface area (Å²) in [6, 6.07) is 14.0. The Hall–Kier alpha value is -2.40. The fourth-order valence-corrected chi connectivity index (χ4v) is 4.16. The van der Waals surface area contributed by atoms with Crippen molar-refractivity contribution in [1.82, 2.24) is 15.2 Å². The van der Waals surface area contributed by atoms with Crippen molar-refractivity contribution in [3.8, 4) is 5.75 Å². The lowest BCUT2D eigenvalue weighted by Gasteiger charge is -2.40. The number of carbonyl (C=O) groups excluding carboxylic acids is 1. The predicted molar refractivity (Wildman–Crippen MR) is 99.6 cm³/mol. The minimum atomic E-state index is -0.303. The van der Waals surface area contributed by atoms with Gasteiger partial charge in [-0.2, -0.15) is 0 Å². The number of carbonyl (C=O) groups is 1. The van der Waals surface area contributed by atoms with E-state index in [1.54, 1.807) is 6.20 Å². The summed E-state index contributed by atoms with van der Waals surface area (Å²) in [6.07, 6.45) is 5.86. The maximum Gasteiger partial charge on any atom is 0.240 e. The molecule has 136 valence electrons. The second-order valence-electron chi connectivity index (χ2n) is 7.17. The van der Waals surface area contributed by atoms with Crippen molar-refractivity contribution in [2.45, 2.75) is 44.4 Å². The third-order valence-corrected chi connectivity index (χ3v) is 5.48. The number of nitrogens with one attached hydrogen (secondary N) is 1. The van der Waals surface area contributed by atoms with Gasteiger partial charge in [-0.05, 0) is 62.1 Å². The number of aromatic nitrogens is 1. The molecule has 1 atom stereocenters. The van der Waals surface area contributed by atoms with Gasteiger partial charge in [0.1, 0.15) is 17.9 Å². The van der Waals surface area contributed by atoms with Gasteiger partial charge in [0.05, 0.1) is 5.69 Å². The minimum Gasteiger partial charge on any atom is -0.487 e. The molecule has 0 bridgehead atoms. The molecule has 1 unspecified atom stereocenters. The molecule has 2 aliphatic heterocycles. The van der Waals surface area contributed by atoms with Crippen molar-refractivity contribution in [1.29, 1.82) is 0 Å². The third-order valence-electron chi connectivity index (χ3n) is 5.48. The van der Waals surface area contributed by atoms with E-state index in [1.807, 2.05) is 30.3 Å². The molecule has 1 spiro atoms. The lowest BCUT2D eigenvalue weighted by Crippen LogP contribution is -2.58. The highest BCUT2D eigenvalue weighted by molar-refractivity contribution is 5.87. The van der Waals surface area contributed by atoms with Gasteiger partial charge in [-0.25, -0.2) is 0 Å². The van der Waals surface area contributed by atoms with Gasteiger partial charge in [0, 0.05) is 19.3 Å². The van der Waals surface area contributed by atoms with Crippen LogP contribution in [0.15, 0.2) is 48.7 Å². The Morgan fingerprint density at radius 1 is 1.15 bits per heavy atom. The van der Waals surface area contributed by atoms with Crippen LogP contribution >= 0.6 is 0 Å². The minimum absolute atomic E-state index is 0.212.